The lowest BCUT2D eigenvalue weighted by atomic mass is 10.3. The lowest BCUT2D eigenvalue weighted by Gasteiger charge is -2.16. The summed E-state index contributed by atoms with van der Waals surface area (Å²) in [4.78, 5) is 20.1. The smallest absolute Gasteiger partial charge is 0.311 e. The molecule has 0 spiro atoms. The van der Waals surface area contributed by atoms with Crippen molar-refractivity contribution in [2.75, 3.05) is 17.7 Å². The first-order chi connectivity index (χ1) is 8.58. The molecule has 0 aliphatic heterocycles. The van der Waals surface area contributed by atoms with E-state index in [4.69, 9.17) is 5.73 Å². The van der Waals surface area contributed by atoms with Crippen molar-refractivity contribution in [3.63, 3.8) is 0 Å². The number of nitrogens with zero attached hydrogens (tertiary/aromatic N) is 4. The van der Waals surface area contributed by atoms with Crippen LogP contribution in [0.2, 0.25) is 0 Å². The molecule has 0 saturated heterocycles. The van der Waals surface area contributed by atoms with Crippen molar-refractivity contribution in [3.05, 3.63) is 38.8 Å². The number of anilines is 2. The molecule has 0 fully saturated rings. The fourth-order valence-electron chi connectivity index (χ4n) is 1.46. The first-order valence-electron chi connectivity index (χ1n) is 5.07. The van der Waals surface area contributed by atoms with Gasteiger partial charge in [0.15, 0.2) is 0 Å². The number of hydrogen-bond acceptors (Lipinski definition) is 7. The van der Waals surface area contributed by atoms with Gasteiger partial charge in [0.05, 0.1) is 22.7 Å². The summed E-state index contributed by atoms with van der Waals surface area (Å²) in [7, 11) is 1.83. The standard InChI is InChI=1S/C10H11N5O2S/c1-14(4-7-5-18-6-12-7)9-3-2-8(15(16)17)10(11)13-9/h2-3,5-6H,4H2,1H3,(H2,11,13). The molecule has 2 N–H and O–H groups in total. The third kappa shape index (κ3) is 2.54. The molecule has 2 aromatic rings. The molecular weight excluding hydrogens is 254 g/mol. The van der Waals surface area contributed by atoms with Crippen LogP contribution in [0.5, 0.6) is 0 Å². The summed E-state index contributed by atoms with van der Waals surface area (Å²) in [6, 6.07) is 2.93. The van der Waals surface area contributed by atoms with Crippen LogP contribution in [0.3, 0.4) is 0 Å². The Labute approximate surface area is 107 Å². The summed E-state index contributed by atoms with van der Waals surface area (Å²) in [5.74, 6) is 0.494. The molecule has 0 radical (unpaired) electrons. The Morgan fingerprint density at radius 2 is 2.33 bits per heavy atom. The SMILES string of the molecule is CN(Cc1cscn1)c1ccc([N+](=O)[O-])c(N)n1. The number of aromatic nitrogens is 2. The number of nitrogen functional groups attached to an aromatic ring is 1. The van der Waals surface area contributed by atoms with Crippen LogP contribution in [0.1, 0.15) is 5.69 Å². The van der Waals surface area contributed by atoms with E-state index in [2.05, 4.69) is 9.97 Å². The Hall–Kier alpha value is -2.22. The van der Waals surface area contributed by atoms with Gasteiger partial charge in [0.25, 0.3) is 0 Å². The van der Waals surface area contributed by atoms with Crippen molar-refractivity contribution in [3.8, 4) is 0 Å². The lowest BCUT2D eigenvalue weighted by molar-refractivity contribution is -0.384. The van der Waals surface area contributed by atoms with E-state index in [0.717, 1.165) is 5.69 Å². The number of pyridine rings is 1. The maximum absolute atomic E-state index is 10.6. The largest absolute Gasteiger partial charge is 0.378 e. The number of nitrogens with two attached hydrogens (primary N) is 1. The molecule has 2 rings (SSSR count). The third-order valence-electron chi connectivity index (χ3n) is 2.36. The van der Waals surface area contributed by atoms with Gasteiger partial charge in [-0.3, -0.25) is 10.1 Å². The highest BCUT2D eigenvalue weighted by Crippen LogP contribution is 2.23. The van der Waals surface area contributed by atoms with Crippen molar-refractivity contribution < 1.29 is 4.92 Å². The van der Waals surface area contributed by atoms with E-state index in [0.29, 0.717) is 12.4 Å². The third-order valence-corrected chi connectivity index (χ3v) is 2.99. The molecular formula is C10H11N5O2S. The van der Waals surface area contributed by atoms with Crippen LogP contribution in [0.15, 0.2) is 23.0 Å². The maximum Gasteiger partial charge on any atom is 0.311 e. The van der Waals surface area contributed by atoms with Crippen LogP contribution in [-0.2, 0) is 6.54 Å². The van der Waals surface area contributed by atoms with E-state index in [1.807, 2.05) is 17.3 Å². The number of thiazole rings is 1. The predicted octanol–water partition coefficient (Wildman–Crippen LogP) is 1.66. The predicted molar refractivity (Wildman–Crippen MR) is 69.5 cm³/mol. The molecule has 2 aromatic heterocycles. The van der Waals surface area contributed by atoms with Gasteiger partial charge in [0.2, 0.25) is 5.82 Å². The lowest BCUT2D eigenvalue weighted by Crippen LogP contribution is -2.18. The Morgan fingerprint density at radius 1 is 1.56 bits per heavy atom. The second-order valence-corrected chi connectivity index (χ2v) is 4.39. The van der Waals surface area contributed by atoms with E-state index in [1.54, 1.807) is 11.6 Å². The molecule has 0 amide bonds. The zero-order chi connectivity index (χ0) is 13.1. The average molecular weight is 265 g/mol. The van der Waals surface area contributed by atoms with Gasteiger partial charge in [-0.2, -0.15) is 0 Å². The molecule has 7 nitrogen and oxygen atoms in total. The van der Waals surface area contributed by atoms with Crippen LogP contribution >= 0.6 is 11.3 Å². The molecule has 0 aromatic carbocycles. The highest BCUT2D eigenvalue weighted by Gasteiger charge is 2.14. The summed E-state index contributed by atoms with van der Waals surface area (Å²) in [5, 5.41) is 12.6. The summed E-state index contributed by atoms with van der Waals surface area (Å²) < 4.78 is 0. The molecule has 0 atom stereocenters. The summed E-state index contributed by atoms with van der Waals surface area (Å²) >= 11 is 1.51. The minimum atomic E-state index is -0.549. The molecule has 94 valence electrons. The van der Waals surface area contributed by atoms with Crippen LogP contribution < -0.4 is 10.6 Å². The van der Waals surface area contributed by atoms with Crippen molar-refractivity contribution in [1.29, 1.82) is 0 Å². The fraction of sp³-hybridized carbons (Fsp3) is 0.200. The summed E-state index contributed by atoms with van der Waals surface area (Å²) in [6.07, 6.45) is 0. The normalized spacial score (nSPS) is 10.3. The van der Waals surface area contributed by atoms with Crippen LogP contribution in [0.4, 0.5) is 17.3 Å². The molecule has 0 unspecified atom stereocenters. The first kappa shape index (κ1) is 12.2. The second-order valence-electron chi connectivity index (χ2n) is 3.67. The molecule has 0 bridgehead atoms. The van der Waals surface area contributed by atoms with E-state index in [-0.39, 0.29) is 11.5 Å². The minimum Gasteiger partial charge on any atom is -0.378 e. The number of nitro groups is 1. The van der Waals surface area contributed by atoms with Crippen LogP contribution in [-0.4, -0.2) is 21.9 Å². The van der Waals surface area contributed by atoms with E-state index < -0.39 is 4.92 Å². The van der Waals surface area contributed by atoms with E-state index >= 15 is 0 Å². The maximum atomic E-state index is 10.6. The van der Waals surface area contributed by atoms with Gasteiger partial charge in [-0.25, -0.2) is 9.97 Å². The van der Waals surface area contributed by atoms with Gasteiger partial charge in [-0.15, -0.1) is 11.3 Å². The first-order valence-corrected chi connectivity index (χ1v) is 6.01. The van der Waals surface area contributed by atoms with E-state index in [9.17, 15) is 10.1 Å². The van der Waals surface area contributed by atoms with Crippen molar-refractivity contribution >= 4 is 28.7 Å². The van der Waals surface area contributed by atoms with Crippen molar-refractivity contribution in [2.45, 2.75) is 6.54 Å². The Morgan fingerprint density at radius 3 is 2.89 bits per heavy atom. The second kappa shape index (κ2) is 4.96. The van der Waals surface area contributed by atoms with Gasteiger partial charge in [-0.1, -0.05) is 0 Å². The topological polar surface area (TPSA) is 98.2 Å². The summed E-state index contributed by atoms with van der Waals surface area (Å²) in [5.41, 5.74) is 8.03. The Kier molecular flexibility index (Phi) is 3.38. The molecule has 0 saturated carbocycles. The Balaban J connectivity index is 2.18. The fourth-order valence-corrected chi connectivity index (χ4v) is 2.01. The Bertz CT molecular complexity index is 557. The van der Waals surface area contributed by atoms with E-state index in [1.165, 1.54) is 17.4 Å². The van der Waals surface area contributed by atoms with Gasteiger partial charge in [-0.05, 0) is 6.07 Å². The number of rotatable bonds is 4. The zero-order valence-corrected chi connectivity index (χ0v) is 10.4. The minimum absolute atomic E-state index is 0.0809. The van der Waals surface area contributed by atoms with Crippen molar-refractivity contribution in [2.24, 2.45) is 0 Å². The van der Waals surface area contributed by atoms with Gasteiger partial charge in [0, 0.05) is 18.5 Å². The quantitative estimate of drug-likeness (QED) is 0.667. The van der Waals surface area contributed by atoms with Crippen LogP contribution in [0.25, 0.3) is 0 Å². The summed E-state index contributed by atoms with van der Waals surface area (Å²) in [6.45, 7) is 0.577. The van der Waals surface area contributed by atoms with Crippen molar-refractivity contribution in [1.82, 2.24) is 9.97 Å². The molecule has 18 heavy (non-hydrogen) atoms. The van der Waals surface area contributed by atoms with Gasteiger partial charge < -0.3 is 10.6 Å². The highest BCUT2D eigenvalue weighted by atomic mass is 32.1. The molecule has 0 aliphatic rings. The molecule has 0 aliphatic carbocycles. The average Bonchev–Trinajstić information content (AvgIpc) is 2.81. The van der Waals surface area contributed by atoms with Gasteiger partial charge in [0.1, 0.15) is 5.82 Å². The van der Waals surface area contributed by atoms with Gasteiger partial charge >= 0.3 is 5.69 Å². The van der Waals surface area contributed by atoms with Crippen LogP contribution in [0, 0.1) is 10.1 Å². The molecule has 8 heteroatoms. The molecule has 2 heterocycles. The zero-order valence-electron chi connectivity index (χ0n) is 9.61. The monoisotopic (exact) mass is 265 g/mol. The highest BCUT2D eigenvalue weighted by molar-refractivity contribution is 7.07. The number of hydrogen-bond donors (Lipinski definition) is 1.